The lowest BCUT2D eigenvalue weighted by Gasteiger charge is -2.13. The second-order valence-corrected chi connectivity index (χ2v) is 10.5. The molecule has 4 aromatic carbocycles. The summed E-state index contributed by atoms with van der Waals surface area (Å²) >= 11 is 7.66. The van der Waals surface area contributed by atoms with Gasteiger partial charge in [0.15, 0.2) is 0 Å². The van der Waals surface area contributed by atoms with E-state index in [4.69, 9.17) is 11.6 Å². The van der Waals surface area contributed by atoms with Crippen molar-refractivity contribution in [3.8, 4) is 0 Å². The van der Waals surface area contributed by atoms with E-state index in [0.717, 1.165) is 21.7 Å². The Hall–Kier alpha value is -4.33. The molecule has 8 heteroatoms. The van der Waals surface area contributed by atoms with Gasteiger partial charge >= 0.3 is 0 Å². The van der Waals surface area contributed by atoms with Crippen LogP contribution in [0.1, 0.15) is 27.0 Å². The maximum absolute atomic E-state index is 13.3. The third kappa shape index (κ3) is 8.09. The van der Waals surface area contributed by atoms with Crippen LogP contribution in [-0.4, -0.2) is 23.5 Å². The van der Waals surface area contributed by atoms with Crippen LogP contribution >= 0.6 is 23.4 Å². The smallest absolute Gasteiger partial charge is 0.272 e. The molecule has 0 saturated heterocycles. The van der Waals surface area contributed by atoms with Crippen LogP contribution in [0.2, 0.25) is 5.02 Å². The van der Waals surface area contributed by atoms with Gasteiger partial charge in [-0.05, 0) is 73.5 Å². The first-order valence-corrected chi connectivity index (χ1v) is 13.9. The molecular formula is C32H28ClN3O3S. The third-order valence-corrected chi connectivity index (χ3v) is 7.19. The van der Waals surface area contributed by atoms with Crippen LogP contribution in [0.3, 0.4) is 0 Å². The molecule has 0 bridgehead atoms. The predicted octanol–water partition coefficient (Wildman–Crippen LogP) is 7.10. The average molecular weight is 570 g/mol. The molecule has 3 N–H and O–H groups in total. The molecule has 0 unspecified atom stereocenters. The number of benzene rings is 4. The molecular weight excluding hydrogens is 542 g/mol. The summed E-state index contributed by atoms with van der Waals surface area (Å²) in [6, 6.07) is 28.7. The molecule has 0 aliphatic rings. The fraction of sp³-hybridized carbons (Fsp3) is 0.0938. The third-order valence-electron chi connectivity index (χ3n) is 5.85. The monoisotopic (exact) mass is 569 g/mol. The molecule has 0 saturated carbocycles. The average Bonchev–Trinajstić information content (AvgIpc) is 2.95. The SMILES string of the molecule is Cc1ccc(NC(=O)CSc2cccc(NC(=O)/C(=C\c3ccccc3Cl)NC(=O)c3ccccc3)c2)c(C)c1. The number of halogens is 1. The van der Waals surface area contributed by atoms with Crippen LogP contribution in [0.15, 0.2) is 108 Å². The van der Waals surface area contributed by atoms with Gasteiger partial charge in [-0.2, -0.15) is 0 Å². The van der Waals surface area contributed by atoms with Crippen molar-refractivity contribution >= 4 is 58.5 Å². The van der Waals surface area contributed by atoms with Gasteiger partial charge in [0.2, 0.25) is 5.91 Å². The number of carbonyl (C=O) groups is 3. The number of hydrogen-bond acceptors (Lipinski definition) is 4. The van der Waals surface area contributed by atoms with Crippen LogP contribution < -0.4 is 16.0 Å². The van der Waals surface area contributed by atoms with E-state index in [0.29, 0.717) is 21.8 Å². The number of anilines is 2. The molecule has 6 nitrogen and oxygen atoms in total. The number of carbonyl (C=O) groups excluding carboxylic acids is 3. The topological polar surface area (TPSA) is 87.3 Å². The van der Waals surface area contributed by atoms with Gasteiger partial charge in [0.1, 0.15) is 5.70 Å². The molecule has 0 heterocycles. The van der Waals surface area contributed by atoms with Gasteiger partial charge in [0.05, 0.1) is 5.75 Å². The standard InChI is InChI=1S/C32H28ClN3O3S/c1-21-15-16-28(22(2)17-21)35-30(37)20-40-26-13-8-12-25(19-26)34-32(39)29(18-24-11-6-7-14-27(24)33)36-31(38)23-9-4-3-5-10-23/h3-19H,20H2,1-2H3,(H,34,39)(H,35,37)(H,36,38)/b29-18+. The first-order chi connectivity index (χ1) is 19.3. The quantitative estimate of drug-likeness (QED) is 0.148. The highest BCUT2D eigenvalue weighted by molar-refractivity contribution is 8.00. The molecule has 0 aromatic heterocycles. The van der Waals surface area contributed by atoms with Crippen LogP contribution in [0.4, 0.5) is 11.4 Å². The molecule has 4 aromatic rings. The maximum Gasteiger partial charge on any atom is 0.272 e. The van der Waals surface area contributed by atoms with Crippen LogP contribution in [0.5, 0.6) is 0 Å². The number of thioether (sulfide) groups is 1. The molecule has 0 radical (unpaired) electrons. The van der Waals surface area contributed by atoms with E-state index >= 15 is 0 Å². The number of amides is 3. The summed E-state index contributed by atoms with van der Waals surface area (Å²) in [7, 11) is 0. The summed E-state index contributed by atoms with van der Waals surface area (Å²) in [5.41, 5.74) is 4.47. The van der Waals surface area contributed by atoms with Crippen molar-refractivity contribution in [2.24, 2.45) is 0 Å². The van der Waals surface area contributed by atoms with Gasteiger partial charge in [-0.25, -0.2) is 0 Å². The number of aryl methyl sites for hydroxylation is 2. The Labute approximate surface area is 242 Å². The van der Waals surface area contributed by atoms with E-state index in [1.165, 1.54) is 17.8 Å². The van der Waals surface area contributed by atoms with Crippen molar-refractivity contribution in [2.45, 2.75) is 18.7 Å². The Morgan fingerprint density at radius 1 is 0.825 bits per heavy atom. The Balaban J connectivity index is 1.45. The first kappa shape index (κ1) is 28.7. The zero-order chi connectivity index (χ0) is 28.5. The molecule has 0 spiro atoms. The highest BCUT2D eigenvalue weighted by atomic mass is 35.5. The number of hydrogen-bond donors (Lipinski definition) is 3. The van der Waals surface area contributed by atoms with Crippen molar-refractivity contribution in [3.63, 3.8) is 0 Å². The molecule has 0 aliphatic carbocycles. The second kappa shape index (κ2) is 13.6. The Morgan fingerprint density at radius 3 is 2.33 bits per heavy atom. The summed E-state index contributed by atoms with van der Waals surface area (Å²) in [4.78, 5) is 39.5. The van der Waals surface area contributed by atoms with E-state index in [9.17, 15) is 14.4 Å². The minimum Gasteiger partial charge on any atom is -0.325 e. The molecule has 202 valence electrons. The molecule has 3 amide bonds. The largest absolute Gasteiger partial charge is 0.325 e. The molecule has 0 aliphatic heterocycles. The Morgan fingerprint density at radius 2 is 1.57 bits per heavy atom. The van der Waals surface area contributed by atoms with Gasteiger partial charge in [-0.15, -0.1) is 11.8 Å². The normalized spacial score (nSPS) is 11.0. The van der Waals surface area contributed by atoms with E-state index in [-0.39, 0.29) is 17.4 Å². The van der Waals surface area contributed by atoms with Crippen molar-refractivity contribution in [3.05, 3.63) is 130 Å². The molecule has 0 atom stereocenters. The van der Waals surface area contributed by atoms with Crippen LogP contribution in [0.25, 0.3) is 6.08 Å². The molecule has 40 heavy (non-hydrogen) atoms. The van der Waals surface area contributed by atoms with Crippen molar-refractivity contribution in [1.82, 2.24) is 5.32 Å². The fourth-order valence-corrected chi connectivity index (χ4v) is 4.79. The maximum atomic E-state index is 13.3. The van der Waals surface area contributed by atoms with E-state index in [1.807, 2.05) is 44.2 Å². The van der Waals surface area contributed by atoms with Gasteiger partial charge in [0, 0.05) is 26.9 Å². The first-order valence-electron chi connectivity index (χ1n) is 12.5. The Kier molecular flexibility index (Phi) is 9.78. The minimum absolute atomic E-state index is 0.0351. The molecule has 4 rings (SSSR count). The highest BCUT2D eigenvalue weighted by Gasteiger charge is 2.16. The fourth-order valence-electron chi connectivity index (χ4n) is 3.84. The summed E-state index contributed by atoms with van der Waals surface area (Å²) in [6.07, 6.45) is 1.54. The summed E-state index contributed by atoms with van der Waals surface area (Å²) in [6.45, 7) is 3.96. The zero-order valence-corrected chi connectivity index (χ0v) is 23.6. The van der Waals surface area contributed by atoms with Crippen molar-refractivity contribution < 1.29 is 14.4 Å². The summed E-state index contributed by atoms with van der Waals surface area (Å²) in [5.74, 6) is -0.859. The highest BCUT2D eigenvalue weighted by Crippen LogP contribution is 2.24. The molecule has 0 fully saturated rings. The Bertz CT molecular complexity index is 1570. The second-order valence-electron chi connectivity index (χ2n) is 9.04. The van der Waals surface area contributed by atoms with Gasteiger partial charge < -0.3 is 16.0 Å². The van der Waals surface area contributed by atoms with Crippen LogP contribution in [-0.2, 0) is 9.59 Å². The van der Waals surface area contributed by atoms with Gasteiger partial charge in [-0.1, -0.05) is 71.8 Å². The lowest BCUT2D eigenvalue weighted by atomic mass is 10.1. The van der Waals surface area contributed by atoms with Crippen molar-refractivity contribution in [1.29, 1.82) is 0 Å². The van der Waals surface area contributed by atoms with Gasteiger partial charge in [-0.3, -0.25) is 14.4 Å². The van der Waals surface area contributed by atoms with E-state index in [2.05, 4.69) is 16.0 Å². The zero-order valence-electron chi connectivity index (χ0n) is 22.0. The number of rotatable bonds is 9. The van der Waals surface area contributed by atoms with E-state index < -0.39 is 11.8 Å². The number of nitrogens with one attached hydrogen (secondary N) is 3. The lowest BCUT2D eigenvalue weighted by Crippen LogP contribution is -2.30. The minimum atomic E-state index is -0.515. The van der Waals surface area contributed by atoms with Crippen molar-refractivity contribution in [2.75, 3.05) is 16.4 Å². The summed E-state index contributed by atoms with van der Waals surface area (Å²) in [5, 5.41) is 8.93. The summed E-state index contributed by atoms with van der Waals surface area (Å²) < 4.78 is 0. The van der Waals surface area contributed by atoms with Crippen LogP contribution in [0, 0.1) is 13.8 Å². The van der Waals surface area contributed by atoms with Gasteiger partial charge in [0.25, 0.3) is 11.8 Å². The predicted molar refractivity (Wildman–Crippen MR) is 164 cm³/mol. The lowest BCUT2D eigenvalue weighted by molar-refractivity contribution is -0.114. The van der Waals surface area contributed by atoms with E-state index in [1.54, 1.807) is 66.7 Å².